The molecule has 3 aromatic carbocycles. The Morgan fingerprint density at radius 1 is 0.808 bits per heavy atom. The lowest BCUT2D eigenvalue weighted by Crippen LogP contribution is -2.49. The first-order chi connectivity index (χ1) is 12.3. The van der Waals surface area contributed by atoms with Crippen molar-refractivity contribution in [3.8, 4) is 0 Å². The van der Waals surface area contributed by atoms with E-state index in [1.165, 1.54) is 0 Å². The molecular formula is C22H23BO3. The molecule has 0 saturated heterocycles. The topological polar surface area (TPSA) is 42.6 Å². The van der Waals surface area contributed by atoms with Crippen molar-refractivity contribution in [1.29, 1.82) is 0 Å². The molecule has 1 aromatic heterocycles. The summed E-state index contributed by atoms with van der Waals surface area (Å²) in [6.07, 6.45) is 0. The molecule has 0 amide bonds. The molecule has 0 fully saturated rings. The van der Waals surface area contributed by atoms with Crippen LogP contribution in [0.5, 0.6) is 0 Å². The number of furan rings is 1. The lowest BCUT2D eigenvalue weighted by molar-refractivity contribution is -0.0893. The molecule has 132 valence electrons. The van der Waals surface area contributed by atoms with Gasteiger partial charge in [-0.2, -0.15) is 0 Å². The van der Waals surface area contributed by atoms with E-state index in [1.54, 1.807) is 13.8 Å². The van der Waals surface area contributed by atoms with Crippen LogP contribution in [0.3, 0.4) is 0 Å². The second-order valence-electron chi connectivity index (χ2n) is 7.91. The van der Waals surface area contributed by atoms with Gasteiger partial charge in [0, 0.05) is 10.8 Å². The predicted molar refractivity (Wildman–Crippen MR) is 109 cm³/mol. The average molecular weight is 346 g/mol. The third-order valence-electron chi connectivity index (χ3n) is 5.55. The summed E-state index contributed by atoms with van der Waals surface area (Å²) < 4.78 is 12.1. The molecule has 1 heterocycles. The van der Waals surface area contributed by atoms with Crippen molar-refractivity contribution in [2.75, 3.05) is 0 Å². The number of rotatable bonds is 4. The van der Waals surface area contributed by atoms with E-state index in [0.717, 1.165) is 38.2 Å². The van der Waals surface area contributed by atoms with Gasteiger partial charge in [0.05, 0.1) is 11.2 Å². The summed E-state index contributed by atoms with van der Waals surface area (Å²) in [5, 5.41) is 14.9. The Hall–Kier alpha value is -2.30. The van der Waals surface area contributed by atoms with Crippen molar-refractivity contribution in [2.24, 2.45) is 0 Å². The highest BCUT2D eigenvalue weighted by Gasteiger charge is 2.35. The second kappa shape index (κ2) is 5.87. The fourth-order valence-electron chi connectivity index (χ4n) is 3.21. The molecule has 0 spiro atoms. The van der Waals surface area contributed by atoms with Gasteiger partial charge in [0.2, 0.25) is 0 Å². The summed E-state index contributed by atoms with van der Waals surface area (Å²) in [5.41, 5.74) is 1.33. The Morgan fingerprint density at radius 3 is 2.31 bits per heavy atom. The van der Waals surface area contributed by atoms with Gasteiger partial charge in [-0.3, -0.25) is 0 Å². The lowest BCUT2D eigenvalue weighted by atomic mass is 9.80. The summed E-state index contributed by atoms with van der Waals surface area (Å²) in [6.45, 7) is 7.38. The summed E-state index contributed by atoms with van der Waals surface area (Å²) in [7, 11) is 0.440. The minimum absolute atomic E-state index is 0.440. The van der Waals surface area contributed by atoms with Crippen LogP contribution in [-0.4, -0.2) is 23.8 Å². The van der Waals surface area contributed by atoms with Gasteiger partial charge >= 0.3 is 7.48 Å². The molecule has 4 aromatic rings. The molecule has 0 radical (unpaired) electrons. The zero-order valence-corrected chi connectivity index (χ0v) is 15.7. The van der Waals surface area contributed by atoms with Crippen LogP contribution in [0.4, 0.5) is 0 Å². The minimum Gasteiger partial charge on any atom is -0.456 e. The molecule has 26 heavy (non-hydrogen) atoms. The van der Waals surface area contributed by atoms with E-state index in [4.69, 9.17) is 9.07 Å². The highest BCUT2D eigenvalue weighted by Crippen LogP contribution is 2.34. The van der Waals surface area contributed by atoms with Crippen molar-refractivity contribution in [3.05, 3.63) is 54.6 Å². The van der Waals surface area contributed by atoms with Crippen LogP contribution in [0.15, 0.2) is 59.0 Å². The highest BCUT2D eigenvalue weighted by atomic mass is 16.5. The molecule has 4 rings (SSSR count). The van der Waals surface area contributed by atoms with Crippen molar-refractivity contribution in [3.63, 3.8) is 0 Å². The van der Waals surface area contributed by atoms with Gasteiger partial charge in [0.1, 0.15) is 11.2 Å². The largest absolute Gasteiger partial charge is 0.456 e. The number of aliphatic hydroxyl groups is 1. The quantitative estimate of drug-likeness (QED) is 0.561. The van der Waals surface area contributed by atoms with E-state index < -0.39 is 11.2 Å². The molecule has 0 aliphatic heterocycles. The van der Waals surface area contributed by atoms with Gasteiger partial charge in [-0.1, -0.05) is 42.5 Å². The Balaban J connectivity index is 1.84. The Labute approximate surface area is 153 Å². The van der Waals surface area contributed by atoms with Crippen molar-refractivity contribution in [2.45, 2.75) is 38.9 Å². The summed E-state index contributed by atoms with van der Waals surface area (Å²) >= 11 is 0. The zero-order valence-electron chi connectivity index (χ0n) is 15.7. The smallest absolute Gasteiger partial charge is 0.310 e. The molecule has 0 aliphatic rings. The first kappa shape index (κ1) is 17.1. The standard InChI is InChI=1S/C22H23BO3/c1-21(2,24)22(3,4)26-23-17-10-7-9-15-14(17)12-13-19-20(15)16-8-5-6-11-18(16)25-19/h5-13,23-24H,1-4H3. The Bertz CT molecular complexity index is 1100. The van der Waals surface area contributed by atoms with Crippen LogP contribution in [0.2, 0.25) is 0 Å². The highest BCUT2D eigenvalue weighted by molar-refractivity contribution is 6.52. The van der Waals surface area contributed by atoms with Crippen LogP contribution in [-0.2, 0) is 4.65 Å². The minimum atomic E-state index is -0.925. The van der Waals surface area contributed by atoms with E-state index in [9.17, 15) is 5.11 Å². The molecule has 3 nitrogen and oxygen atoms in total. The van der Waals surface area contributed by atoms with Crippen molar-refractivity contribution >= 4 is 45.7 Å². The van der Waals surface area contributed by atoms with Gasteiger partial charge in [-0.05, 0) is 56.1 Å². The van der Waals surface area contributed by atoms with E-state index in [2.05, 4.69) is 30.3 Å². The average Bonchev–Trinajstić information content (AvgIpc) is 2.98. The fourth-order valence-corrected chi connectivity index (χ4v) is 3.21. The molecule has 0 atom stereocenters. The van der Waals surface area contributed by atoms with E-state index in [1.807, 2.05) is 38.1 Å². The first-order valence-corrected chi connectivity index (χ1v) is 8.96. The van der Waals surface area contributed by atoms with Gasteiger partial charge in [0.25, 0.3) is 0 Å². The maximum atomic E-state index is 10.3. The van der Waals surface area contributed by atoms with Gasteiger partial charge in [0.15, 0.2) is 0 Å². The number of hydrogen-bond donors (Lipinski definition) is 1. The number of fused-ring (bicyclic) bond motifs is 5. The SMILES string of the molecule is CC(C)(O)C(C)(C)OBc1cccc2c1ccc1oc3ccccc3c12. The molecular weight excluding hydrogens is 323 g/mol. The van der Waals surface area contributed by atoms with Crippen LogP contribution < -0.4 is 5.46 Å². The first-order valence-electron chi connectivity index (χ1n) is 8.96. The summed E-state index contributed by atoms with van der Waals surface area (Å²) in [4.78, 5) is 0. The van der Waals surface area contributed by atoms with Crippen LogP contribution >= 0.6 is 0 Å². The van der Waals surface area contributed by atoms with E-state index in [0.29, 0.717) is 7.48 Å². The summed E-state index contributed by atoms with van der Waals surface area (Å²) in [6, 6.07) is 18.5. The van der Waals surface area contributed by atoms with Crippen molar-refractivity contribution < 1.29 is 14.2 Å². The van der Waals surface area contributed by atoms with Gasteiger partial charge in [-0.25, -0.2) is 0 Å². The number of hydrogen-bond acceptors (Lipinski definition) is 3. The molecule has 4 heteroatoms. The molecule has 0 unspecified atom stereocenters. The monoisotopic (exact) mass is 346 g/mol. The lowest BCUT2D eigenvalue weighted by Gasteiger charge is -2.37. The van der Waals surface area contributed by atoms with Gasteiger partial charge in [-0.15, -0.1) is 0 Å². The second-order valence-corrected chi connectivity index (χ2v) is 7.91. The molecule has 0 bridgehead atoms. The van der Waals surface area contributed by atoms with E-state index >= 15 is 0 Å². The normalized spacial score (nSPS) is 13.0. The number of para-hydroxylation sites is 1. The third kappa shape index (κ3) is 2.70. The number of benzene rings is 3. The Kier molecular flexibility index (Phi) is 3.87. The van der Waals surface area contributed by atoms with E-state index in [-0.39, 0.29) is 0 Å². The fraction of sp³-hybridized carbons (Fsp3) is 0.273. The zero-order chi connectivity index (χ0) is 18.5. The molecule has 1 N–H and O–H groups in total. The molecule has 0 aliphatic carbocycles. The van der Waals surface area contributed by atoms with Crippen LogP contribution in [0.25, 0.3) is 32.7 Å². The summed E-state index contributed by atoms with van der Waals surface area (Å²) in [5.74, 6) is 0. The maximum Gasteiger partial charge on any atom is 0.310 e. The third-order valence-corrected chi connectivity index (χ3v) is 5.55. The molecule has 0 saturated carbocycles. The van der Waals surface area contributed by atoms with Crippen LogP contribution in [0.1, 0.15) is 27.7 Å². The van der Waals surface area contributed by atoms with Crippen molar-refractivity contribution in [1.82, 2.24) is 0 Å². The Morgan fingerprint density at radius 2 is 1.54 bits per heavy atom. The predicted octanol–water partition coefficient (Wildman–Crippen LogP) is 4.28. The van der Waals surface area contributed by atoms with Crippen LogP contribution in [0, 0.1) is 0 Å². The maximum absolute atomic E-state index is 10.3. The van der Waals surface area contributed by atoms with Gasteiger partial charge < -0.3 is 14.2 Å².